The average Bonchev–Trinajstić information content (AvgIpc) is 2.95. The van der Waals surface area contributed by atoms with Crippen LogP contribution in [0, 0.1) is 0 Å². The first kappa shape index (κ1) is 14.8. The van der Waals surface area contributed by atoms with E-state index in [1.54, 1.807) is 35.3 Å². The van der Waals surface area contributed by atoms with Crippen LogP contribution in [0.2, 0.25) is 10.0 Å². The van der Waals surface area contributed by atoms with Crippen molar-refractivity contribution in [3.63, 3.8) is 0 Å². The average molecular weight is 335 g/mol. The molecule has 1 aromatic carbocycles. The summed E-state index contributed by atoms with van der Waals surface area (Å²) in [5.74, 6) is 0.563. The van der Waals surface area contributed by atoms with Crippen LogP contribution in [0.3, 0.4) is 0 Å². The van der Waals surface area contributed by atoms with Gasteiger partial charge < -0.3 is 4.74 Å². The van der Waals surface area contributed by atoms with Gasteiger partial charge >= 0.3 is 0 Å². The summed E-state index contributed by atoms with van der Waals surface area (Å²) in [6, 6.07) is 8.96. The first-order valence-corrected chi connectivity index (χ1v) is 7.32. The van der Waals surface area contributed by atoms with E-state index in [9.17, 15) is 0 Å². The molecule has 0 aliphatic heterocycles. The molecule has 2 aromatic heterocycles. The molecule has 112 valence electrons. The van der Waals surface area contributed by atoms with E-state index in [4.69, 9.17) is 27.9 Å². The lowest BCUT2D eigenvalue weighted by atomic mass is 10.3. The molecule has 0 spiro atoms. The van der Waals surface area contributed by atoms with Gasteiger partial charge in [-0.3, -0.25) is 4.98 Å². The minimum Gasteiger partial charge on any atom is -0.486 e. The second kappa shape index (κ2) is 6.77. The highest BCUT2D eigenvalue weighted by atomic mass is 35.5. The van der Waals surface area contributed by atoms with Crippen molar-refractivity contribution >= 4 is 23.2 Å². The third-order valence-electron chi connectivity index (χ3n) is 2.92. The maximum atomic E-state index is 6.05. The Labute approximate surface area is 137 Å². The van der Waals surface area contributed by atoms with E-state index in [0.717, 1.165) is 11.3 Å². The van der Waals surface area contributed by atoms with Gasteiger partial charge in [-0.2, -0.15) is 0 Å². The number of pyridine rings is 1. The molecule has 0 saturated heterocycles. The fourth-order valence-corrected chi connectivity index (χ4v) is 2.37. The van der Waals surface area contributed by atoms with Crippen molar-refractivity contribution in [2.75, 3.05) is 0 Å². The van der Waals surface area contributed by atoms with Crippen LogP contribution < -0.4 is 4.74 Å². The summed E-state index contributed by atoms with van der Waals surface area (Å²) < 4.78 is 7.36. The van der Waals surface area contributed by atoms with Gasteiger partial charge in [0.1, 0.15) is 18.1 Å². The van der Waals surface area contributed by atoms with Gasteiger partial charge in [0.2, 0.25) is 0 Å². The van der Waals surface area contributed by atoms with Crippen LogP contribution in [0.15, 0.2) is 48.9 Å². The van der Waals surface area contributed by atoms with Crippen LogP contribution in [0.5, 0.6) is 5.75 Å². The predicted octanol–water partition coefficient (Wildman–Crippen LogP) is 3.61. The molecule has 0 aliphatic carbocycles. The molecule has 22 heavy (non-hydrogen) atoms. The molecule has 7 heteroatoms. The van der Waals surface area contributed by atoms with Crippen molar-refractivity contribution < 1.29 is 4.74 Å². The lowest BCUT2D eigenvalue weighted by molar-refractivity contribution is 0.301. The van der Waals surface area contributed by atoms with Crippen LogP contribution in [-0.4, -0.2) is 20.0 Å². The molecule has 5 nitrogen and oxygen atoms in total. The van der Waals surface area contributed by atoms with Crippen LogP contribution in [-0.2, 0) is 13.2 Å². The largest absolute Gasteiger partial charge is 0.486 e. The van der Waals surface area contributed by atoms with Crippen LogP contribution in [0.1, 0.15) is 11.3 Å². The van der Waals surface area contributed by atoms with E-state index >= 15 is 0 Å². The summed E-state index contributed by atoms with van der Waals surface area (Å²) in [6.45, 7) is 0.900. The van der Waals surface area contributed by atoms with Gasteiger partial charge in [-0.25, -0.2) is 4.68 Å². The first-order chi connectivity index (χ1) is 10.7. The number of halogens is 2. The fraction of sp³-hybridized carbons (Fsp3) is 0.133. The third-order valence-corrected chi connectivity index (χ3v) is 3.45. The van der Waals surface area contributed by atoms with Crippen molar-refractivity contribution in [2.24, 2.45) is 0 Å². The van der Waals surface area contributed by atoms with Gasteiger partial charge in [0, 0.05) is 17.4 Å². The summed E-state index contributed by atoms with van der Waals surface area (Å²) in [5, 5.41) is 9.18. The number of aromatic nitrogens is 4. The zero-order valence-corrected chi connectivity index (χ0v) is 13.0. The van der Waals surface area contributed by atoms with Crippen LogP contribution >= 0.6 is 23.2 Å². The van der Waals surface area contributed by atoms with Crippen molar-refractivity contribution in [1.29, 1.82) is 0 Å². The Morgan fingerprint density at radius 2 is 2.09 bits per heavy atom. The highest BCUT2D eigenvalue weighted by molar-refractivity contribution is 6.35. The lowest BCUT2D eigenvalue weighted by Crippen LogP contribution is -2.00. The Morgan fingerprint density at radius 1 is 1.18 bits per heavy atom. The minimum atomic E-state index is 0.286. The molecule has 2 heterocycles. The zero-order chi connectivity index (χ0) is 15.4. The molecule has 0 saturated carbocycles. The molecule has 3 rings (SSSR count). The molecular formula is C15H12Cl2N4O. The second-order valence-electron chi connectivity index (χ2n) is 4.63. The second-order valence-corrected chi connectivity index (χ2v) is 5.48. The number of hydrogen-bond donors (Lipinski definition) is 0. The molecule has 0 atom stereocenters. The molecule has 0 fully saturated rings. The van der Waals surface area contributed by atoms with E-state index in [0.29, 0.717) is 22.3 Å². The molecule has 0 unspecified atom stereocenters. The standard InChI is InChI=1S/C15H12Cl2N4O/c16-12-3-4-15(14(17)6-12)22-10-13-9-21(20-19-13)8-11-2-1-5-18-7-11/h1-7,9H,8,10H2. The summed E-state index contributed by atoms with van der Waals surface area (Å²) in [6.07, 6.45) is 5.36. The van der Waals surface area contributed by atoms with Crippen molar-refractivity contribution in [1.82, 2.24) is 20.0 Å². The molecule has 0 bridgehead atoms. The fourth-order valence-electron chi connectivity index (χ4n) is 1.90. The van der Waals surface area contributed by atoms with E-state index < -0.39 is 0 Å². The molecule has 3 aromatic rings. The molecule has 0 amide bonds. The van der Waals surface area contributed by atoms with Gasteiger partial charge in [0.05, 0.1) is 17.8 Å². The molecular weight excluding hydrogens is 323 g/mol. The zero-order valence-electron chi connectivity index (χ0n) is 11.5. The number of rotatable bonds is 5. The van der Waals surface area contributed by atoms with E-state index in [1.807, 2.05) is 18.3 Å². The predicted molar refractivity (Wildman–Crippen MR) is 84.2 cm³/mol. The maximum Gasteiger partial charge on any atom is 0.138 e. The maximum absolute atomic E-state index is 6.05. The van der Waals surface area contributed by atoms with E-state index in [-0.39, 0.29) is 6.61 Å². The molecule has 0 N–H and O–H groups in total. The highest BCUT2D eigenvalue weighted by Gasteiger charge is 2.06. The van der Waals surface area contributed by atoms with Gasteiger partial charge in [-0.1, -0.05) is 34.5 Å². The van der Waals surface area contributed by atoms with Crippen molar-refractivity contribution in [2.45, 2.75) is 13.2 Å². The summed E-state index contributed by atoms with van der Waals surface area (Å²) in [4.78, 5) is 4.07. The van der Waals surface area contributed by atoms with E-state index in [1.165, 1.54) is 0 Å². The molecule has 0 aliphatic rings. The summed E-state index contributed by atoms with van der Waals surface area (Å²) in [5.41, 5.74) is 1.77. The van der Waals surface area contributed by atoms with Gasteiger partial charge in [-0.05, 0) is 29.8 Å². The normalized spacial score (nSPS) is 10.6. The summed E-state index contributed by atoms with van der Waals surface area (Å²) in [7, 11) is 0. The number of ether oxygens (including phenoxy) is 1. The number of hydrogen-bond acceptors (Lipinski definition) is 4. The number of benzene rings is 1. The Morgan fingerprint density at radius 3 is 2.86 bits per heavy atom. The first-order valence-electron chi connectivity index (χ1n) is 6.56. The third kappa shape index (κ3) is 3.75. The van der Waals surface area contributed by atoms with E-state index in [2.05, 4.69) is 15.3 Å². The Kier molecular flexibility index (Phi) is 4.56. The van der Waals surface area contributed by atoms with Crippen LogP contribution in [0.4, 0.5) is 0 Å². The summed E-state index contributed by atoms with van der Waals surface area (Å²) >= 11 is 11.9. The molecule has 0 radical (unpaired) electrons. The smallest absolute Gasteiger partial charge is 0.138 e. The van der Waals surface area contributed by atoms with Gasteiger partial charge in [0.15, 0.2) is 0 Å². The Hall–Kier alpha value is -2.11. The number of nitrogens with zero attached hydrogens (tertiary/aromatic N) is 4. The van der Waals surface area contributed by atoms with Crippen LogP contribution in [0.25, 0.3) is 0 Å². The minimum absolute atomic E-state index is 0.286. The quantitative estimate of drug-likeness (QED) is 0.715. The van der Waals surface area contributed by atoms with Gasteiger partial charge in [-0.15, -0.1) is 5.10 Å². The topological polar surface area (TPSA) is 52.8 Å². The lowest BCUT2D eigenvalue weighted by Gasteiger charge is -2.06. The Balaban J connectivity index is 1.62. The Bertz CT molecular complexity index is 761. The SMILES string of the molecule is Clc1ccc(OCc2cn(Cc3cccnc3)nn2)c(Cl)c1. The monoisotopic (exact) mass is 334 g/mol. The van der Waals surface area contributed by atoms with Crippen molar-refractivity contribution in [3.8, 4) is 5.75 Å². The van der Waals surface area contributed by atoms with Gasteiger partial charge in [0.25, 0.3) is 0 Å². The highest BCUT2D eigenvalue weighted by Crippen LogP contribution is 2.27. The van der Waals surface area contributed by atoms with Crippen molar-refractivity contribution in [3.05, 3.63) is 70.2 Å².